The molecule has 8 aromatic rings. The Balaban J connectivity index is 1.01. The van der Waals surface area contributed by atoms with Gasteiger partial charge in [0.15, 0.2) is 8.07 Å². The van der Waals surface area contributed by atoms with Crippen molar-refractivity contribution in [2.45, 2.75) is 38.5 Å². The third-order valence-corrected chi connectivity index (χ3v) is 17.8. The lowest BCUT2D eigenvalue weighted by Gasteiger charge is -2.34. The molecule has 0 atom stereocenters. The average molecular weight is 961 g/mol. The lowest BCUT2D eigenvalue weighted by molar-refractivity contribution is 0.0725. The van der Waals surface area contributed by atoms with Crippen molar-refractivity contribution in [3.63, 3.8) is 0 Å². The second kappa shape index (κ2) is 21.0. The number of hydrogen-bond donors (Lipinski definition) is 0. The number of methoxy groups -OCH3 is 2. The number of rotatable bonds is 14. The van der Waals surface area contributed by atoms with Gasteiger partial charge in [0, 0.05) is 10.8 Å². The zero-order chi connectivity index (χ0) is 50.2. The van der Waals surface area contributed by atoms with Gasteiger partial charge in [0.25, 0.3) is 0 Å². The van der Waals surface area contributed by atoms with Gasteiger partial charge >= 0.3 is 24.2 Å². The van der Waals surface area contributed by atoms with Gasteiger partial charge < -0.3 is 28.4 Å². The maximum Gasteiger partial charge on any atom is 0.513 e. The van der Waals surface area contributed by atoms with E-state index in [0.717, 1.165) is 43.0 Å². The molecule has 0 aliphatic heterocycles. The summed E-state index contributed by atoms with van der Waals surface area (Å²) in [6.07, 6.45) is -1.56. The zero-order valence-electron chi connectivity index (χ0n) is 40.2. The van der Waals surface area contributed by atoms with E-state index in [-0.39, 0.29) is 0 Å². The summed E-state index contributed by atoms with van der Waals surface area (Å²) in [5, 5.41) is 4.32. The topological polar surface area (TPSA) is 124 Å². The SMILES string of the molecule is COC(=O)Oc1ccc(C(C)(C)c2ccc(OC(=O)c3ccc([Si](c4ccccc4)(c4ccccc4)c4ccc(C(=O)Oc5ccc(C(C)(C)c6ccc(OC(=O)OC)cc6)cc5)cc4)cc3)cc2)cc1. The highest BCUT2D eigenvalue weighted by Crippen LogP contribution is 2.35. The zero-order valence-corrected chi connectivity index (χ0v) is 41.2. The summed E-state index contributed by atoms with van der Waals surface area (Å²) in [4.78, 5) is 50.5. The fourth-order valence-corrected chi connectivity index (χ4v) is 13.5. The van der Waals surface area contributed by atoms with Crippen LogP contribution in [0.1, 0.15) is 70.7 Å². The first-order valence-electron chi connectivity index (χ1n) is 22.9. The first-order chi connectivity index (χ1) is 34.2. The molecule has 0 bridgehead atoms. The highest BCUT2D eigenvalue weighted by Gasteiger charge is 2.41. The van der Waals surface area contributed by atoms with Crippen LogP contribution in [0.3, 0.4) is 0 Å². The monoisotopic (exact) mass is 960 g/mol. The molecule has 356 valence electrons. The van der Waals surface area contributed by atoms with E-state index in [4.69, 9.17) is 18.9 Å². The smallest absolute Gasteiger partial charge is 0.437 e. The van der Waals surface area contributed by atoms with Gasteiger partial charge in [0.1, 0.15) is 23.0 Å². The van der Waals surface area contributed by atoms with E-state index >= 15 is 0 Å². The second-order valence-corrected chi connectivity index (χ2v) is 21.7. The first kappa shape index (κ1) is 48.9. The number of carbonyl (C=O) groups is 4. The Morgan fingerprint density at radius 2 is 0.577 bits per heavy atom. The van der Waals surface area contributed by atoms with Crippen molar-refractivity contribution in [1.82, 2.24) is 0 Å². The molecule has 0 fully saturated rings. The second-order valence-electron chi connectivity index (χ2n) is 17.9. The predicted octanol–water partition coefficient (Wildman–Crippen LogP) is 10.4. The summed E-state index contributed by atoms with van der Waals surface area (Å²) >= 11 is 0. The minimum atomic E-state index is -3.05. The lowest BCUT2D eigenvalue weighted by atomic mass is 9.78. The molecule has 0 aliphatic carbocycles. The molecule has 8 rings (SSSR count). The van der Waals surface area contributed by atoms with Crippen molar-refractivity contribution >= 4 is 53.1 Å². The summed E-state index contributed by atoms with van der Waals surface area (Å²) in [5.41, 5.74) is 3.97. The van der Waals surface area contributed by atoms with Gasteiger partial charge in [-0.25, -0.2) is 19.2 Å². The van der Waals surface area contributed by atoms with E-state index in [1.165, 1.54) is 14.2 Å². The molecule has 0 aliphatic rings. The Morgan fingerprint density at radius 1 is 0.324 bits per heavy atom. The Labute approximate surface area is 414 Å². The van der Waals surface area contributed by atoms with Crippen LogP contribution in [0.4, 0.5) is 9.59 Å². The minimum absolute atomic E-state index is 0.381. The summed E-state index contributed by atoms with van der Waals surface area (Å²) in [5.74, 6) is 0.600. The third kappa shape index (κ3) is 10.6. The van der Waals surface area contributed by atoms with Gasteiger partial charge in [-0.05, 0) is 116 Å². The normalized spacial score (nSPS) is 11.5. The average Bonchev–Trinajstić information content (AvgIpc) is 3.40. The molecule has 0 amide bonds. The molecule has 0 radical (unpaired) electrons. The summed E-state index contributed by atoms with van der Waals surface area (Å²) < 4.78 is 31.2. The highest BCUT2D eigenvalue weighted by molar-refractivity contribution is 7.19. The van der Waals surface area contributed by atoms with Crippen LogP contribution in [0.15, 0.2) is 206 Å². The maximum absolute atomic E-state index is 13.7. The van der Waals surface area contributed by atoms with E-state index in [0.29, 0.717) is 34.1 Å². The first-order valence-corrected chi connectivity index (χ1v) is 24.9. The highest BCUT2D eigenvalue weighted by atomic mass is 28.3. The standard InChI is InChI=1S/C60H52O10Si/c1-59(2,45-25-33-49(34-26-45)69-57(63)65-5)43-21-29-47(30-22-43)67-55(61)41-17-37-53(38-18-41)71(51-13-9-7-10-14-51,52-15-11-8-12-16-52)54-39-19-42(20-40-54)56(62)68-48-31-23-44(24-32-48)60(3,4)46-27-35-50(36-28-46)70-58(64)66-6/h7-40H,1-6H3. The number of esters is 2. The van der Waals surface area contributed by atoms with E-state index < -0.39 is 43.2 Å². The molecule has 0 N–H and O–H groups in total. The van der Waals surface area contributed by atoms with Crippen LogP contribution in [0.25, 0.3) is 0 Å². The van der Waals surface area contributed by atoms with Crippen LogP contribution >= 0.6 is 0 Å². The fraction of sp³-hybridized carbons (Fsp3) is 0.133. The number of hydrogen-bond acceptors (Lipinski definition) is 10. The van der Waals surface area contributed by atoms with E-state index in [1.807, 2.05) is 133 Å². The van der Waals surface area contributed by atoms with E-state index in [1.54, 1.807) is 48.5 Å². The van der Waals surface area contributed by atoms with Crippen LogP contribution in [-0.2, 0) is 20.3 Å². The van der Waals surface area contributed by atoms with Crippen LogP contribution in [0, 0.1) is 0 Å². The van der Waals surface area contributed by atoms with Gasteiger partial charge in [-0.1, -0.05) is 161 Å². The Morgan fingerprint density at radius 3 is 0.845 bits per heavy atom. The summed E-state index contributed by atoms with van der Waals surface area (Å²) in [6, 6.07) is 65.3. The number of benzene rings is 8. The van der Waals surface area contributed by atoms with Gasteiger partial charge in [0.05, 0.1) is 25.3 Å². The third-order valence-electron chi connectivity index (χ3n) is 13.0. The summed E-state index contributed by atoms with van der Waals surface area (Å²) in [7, 11) is -0.534. The predicted molar refractivity (Wildman–Crippen MR) is 276 cm³/mol. The van der Waals surface area contributed by atoms with Crippen molar-refractivity contribution in [3.8, 4) is 23.0 Å². The van der Waals surface area contributed by atoms with Gasteiger partial charge in [-0.15, -0.1) is 0 Å². The van der Waals surface area contributed by atoms with Crippen LogP contribution in [-0.4, -0.2) is 46.5 Å². The van der Waals surface area contributed by atoms with Crippen LogP contribution < -0.4 is 39.7 Å². The number of carbonyl (C=O) groups excluding carboxylic acids is 4. The molecular formula is C60H52O10Si. The molecule has 0 aromatic heterocycles. The molecule has 10 nitrogen and oxygen atoms in total. The van der Waals surface area contributed by atoms with Gasteiger partial charge in [-0.2, -0.15) is 0 Å². The van der Waals surface area contributed by atoms with E-state index in [2.05, 4.69) is 61.4 Å². The van der Waals surface area contributed by atoms with Gasteiger partial charge in [-0.3, -0.25) is 0 Å². The molecule has 71 heavy (non-hydrogen) atoms. The molecule has 0 saturated heterocycles. The molecule has 8 aromatic carbocycles. The Bertz CT molecular complexity index is 2900. The maximum atomic E-state index is 13.7. The lowest BCUT2D eigenvalue weighted by Crippen LogP contribution is -2.74. The minimum Gasteiger partial charge on any atom is -0.437 e. The fourth-order valence-electron chi connectivity index (χ4n) is 8.79. The van der Waals surface area contributed by atoms with Crippen molar-refractivity contribution < 1.29 is 47.6 Å². The van der Waals surface area contributed by atoms with Crippen LogP contribution in [0.2, 0.25) is 0 Å². The molecule has 11 heteroatoms. The quantitative estimate of drug-likeness (QED) is 0.0342. The van der Waals surface area contributed by atoms with Crippen molar-refractivity contribution in [2.75, 3.05) is 14.2 Å². The Kier molecular flexibility index (Phi) is 14.5. The van der Waals surface area contributed by atoms with Crippen molar-refractivity contribution in [1.29, 1.82) is 0 Å². The molecule has 0 heterocycles. The Hall–Kier alpha value is -8.54. The van der Waals surface area contributed by atoms with Crippen molar-refractivity contribution in [3.05, 3.63) is 240 Å². The molecule has 0 unspecified atom stereocenters. The number of ether oxygens (including phenoxy) is 6. The van der Waals surface area contributed by atoms with E-state index in [9.17, 15) is 19.2 Å². The molecular weight excluding hydrogens is 909 g/mol. The van der Waals surface area contributed by atoms with Crippen molar-refractivity contribution in [2.24, 2.45) is 0 Å². The summed E-state index contributed by atoms with van der Waals surface area (Å²) in [6.45, 7) is 8.35. The molecule has 0 saturated carbocycles. The van der Waals surface area contributed by atoms with Gasteiger partial charge in [0.2, 0.25) is 0 Å². The molecule has 0 spiro atoms. The van der Waals surface area contributed by atoms with Crippen LogP contribution in [0.5, 0.6) is 23.0 Å². The largest absolute Gasteiger partial charge is 0.513 e.